The Morgan fingerprint density at radius 3 is 2.57 bits per heavy atom. The Bertz CT molecular complexity index is 737. The van der Waals surface area contributed by atoms with Crippen molar-refractivity contribution >= 4 is 63.1 Å². The van der Waals surface area contributed by atoms with Crippen molar-refractivity contribution in [3.05, 3.63) is 65.7 Å². The highest BCUT2D eigenvalue weighted by Gasteiger charge is 2.20. The molecule has 1 amide bonds. The molecule has 0 aromatic heterocycles. The van der Waals surface area contributed by atoms with Crippen molar-refractivity contribution in [2.45, 2.75) is 0 Å². The number of carbonyl (C=O) groups is 1. The molecule has 2 rings (SSSR count). The Morgan fingerprint density at radius 1 is 1.24 bits per heavy atom. The largest absolute Gasteiger partial charge is 0.322 e. The highest BCUT2D eigenvalue weighted by Crippen LogP contribution is 2.33. The van der Waals surface area contributed by atoms with Crippen molar-refractivity contribution in [3.63, 3.8) is 0 Å². The quantitative estimate of drug-likeness (QED) is 0.428. The maximum Gasteiger partial charge on any atom is 0.290 e. The molecular formula is C13H7Cl2IN2O3. The van der Waals surface area contributed by atoms with Gasteiger partial charge in [-0.15, -0.1) is 0 Å². The molecule has 0 radical (unpaired) electrons. The number of amides is 1. The lowest BCUT2D eigenvalue weighted by atomic mass is 10.2. The van der Waals surface area contributed by atoms with Crippen LogP contribution in [0.5, 0.6) is 0 Å². The van der Waals surface area contributed by atoms with Gasteiger partial charge in [0.25, 0.3) is 11.6 Å². The zero-order valence-corrected chi connectivity index (χ0v) is 13.9. The predicted molar refractivity (Wildman–Crippen MR) is 90.2 cm³/mol. The average Bonchev–Trinajstić information content (AvgIpc) is 2.41. The first-order valence-corrected chi connectivity index (χ1v) is 7.42. The first-order valence-electron chi connectivity index (χ1n) is 5.59. The van der Waals surface area contributed by atoms with Crippen LogP contribution in [0.25, 0.3) is 0 Å². The van der Waals surface area contributed by atoms with Crippen LogP contribution >= 0.6 is 45.8 Å². The van der Waals surface area contributed by atoms with Crippen molar-refractivity contribution in [1.29, 1.82) is 0 Å². The molecule has 0 aliphatic carbocycles. The Balaban J connectivity index is 2.33. The molecule has 0 aliphatic rings. The molecule has 0 unspecified atom stereocenters. The molecule has 0 spiro atoms. The maximum absolute atomic E-state index is 12.1. The number of nitrogens with zero attached hydrogens (tertiary/aromatic N) is 1. The van der Waals surface area contributed by atoms with E-state index in [1.165, 1.54) is 6.07 Å². The van der Waals surface area contributed by atoms with Crippen molar-refractivity contribution < 1.29 is 9.72 Å². The Hall–Kier alpha value is -1.38. The molecular weight excluding hydrogens is 430 g/mol. The summed E-state index contributed by atoms with van der Waals surface area (Å²) in [4.78, 5) is 22.3. The Kier molecular flexibility index (Phi) is 5.02. The van der Waals surface area contributed by atoms with E-state index in [0.717, 1.165) is 9.64 Å². The summed E-state index contributed by atoms with van der Waals surface area (Å²) in [6.45, 7) is 0. The molecule has 2 aromatic rings. The van der Waals surface area contributed by atoms with Crippen LogP contribution in [0.15, 0.2) is 36.4 Å². The number of carbonyl (C=O) groups excluding carboxylic acids is 1. The molecule has 0 heterocycles. The van der Waals surface area contributed by atoms with E-state index in [1.807, 2.05) is 6.07 Å². The first-order chi connectivity index (χ1) is 9.88. The van der Waals surface area contributed by atoms with E-state index >= 15 is 0 Å². The van der Waals surface area contributed by atoms with Crippen LogP contribution in [0.2, 0.25) is 10.0 Å². The second-order valence-corrected chi connectivity index (χ2v) is 6.04. The van der Waals surface area contributed by atoms with Crippen LogP contribution in [-0.4, -0.2) is 10.8 Å². The van der Waals surface area contributed by atoms with Gasteiger partial charge in [-0.05, 0) is 46.9 Å². The van der Waals surface area contributed by atoms with Gasteiger partial charge in [0.05, 0.1) is 9.95 Å². The van der Waals surface area contributed by atoms with E-state index in [9.17, 15) is 14.9 Å². The average molecular weight is 437 g/mol. The monoisotopic (exact) mass is 436 g/mol. The lowest BCUT2D eigenvalue weighted by molar-refractivity contribution is -0.384. The van der Waals surface area contributed by atoms with Crippen molar-refractivity contribution in [2.24, 2.45) is 0 Å². The van der Waals surface area contributed by atoms with Crippen LogP contribution in [0.1, 0.15) is 10.4 Å². The second-order valence-electron chi connectivity index (χ2n) is 4.01. The molecule has 8 heteroatoms. The maximum atomic E-state index is 12.1. The van der Waals surface area contributed by atoms with E-state index in [4.69, 9.17) is 23.2 Å². The van der Waals surface area contributed by atoms with Gasteiger partial charge in [0.2, 0.25) is 0 Å². The molecule has 0 saturated carbocycles. The molecule has 0 atom stereocenters. The third kappa shape index (κ3) is 3.84. The number of nitrogens with one attached hydrogen (secondary N) is 1. The van der Waals surface area contributed by atoms with E-state index in [1.54, 1.807) is 18.2 Å². The zero-order chi connectivity index (χ0) is 15.6. The van der Waals surface area contributed by atoms with Gasteiger partial charge in [0.15, 0.2) is 0 Å². The summed E-state index contributed by atoms with van der Waals surface area (Å²) < 4.78 is 0.950. The molecule has 21 heavy (non-hydrogen) atoms. The summed E-state index contributed by atoms with van der Waals surface area (Å²) in [6, 6.07) is 9.53. The minimum atomic E-state index is -0.684. The number of anilines is 1. The highest BCUT2D eigenvalue weighted by atomic mass is 127. The first kappa shape index (κ1) is 16.0. The van der Waals surface area contributed by atoms with Crippen LogP contribution in [-0.2, 0) is 0 Å². The van der Waals surface area contributed by atoms with Gasteiger partial charge in [-0.1, -0.05) is 29.3 Å². The molecule has 1 N–H and O–H groups in total. The summed E-state index contributed by atoms with van der Waals surface area (Å²) in [5.41, 5.74) is 0.243. The predicted octanol–water partition coefficient (Wildman–Crippen LogP) is 4.76. The van der Waals surface area contributed by atoms with E-state index in [0.29, 0.717) is 5.69 Å². The van der Waals surface area contributed by atoms with E-state index in [-0.39, 0.29) is 15.6 Å². The van der Waals surface area contributed by atoms with Crippen LogP contribution in [0.3, 0.4) is 0 Å². The number of halogens is 3. The fourth-order valence-electron chi connectivity index (χ4n) is 1.61. The normalized spacial score (nSPS) is 10.2. The van der Waals surface area contributed by atoms with Gasteiger partial charge in [0.1, 0.15) is 5.02 Å². The van der Waals surface area contributed by atoms with Gasteiger partial charge in [-0.2, -0.15) is 0 Å². The highest BCUT2D eigenvalue weighted by molar-refractivity contribution is 14.1. The summed E-state index contributed by atoms with van der Waals surface area (Å²) >= 11 is 13.7. The molecule has 108 valence electrons. The molecule has 5 nitrogen and oxygen atoms in total. The molecule has 0 bridgehead atoms. The number of hydrogen-bond acceptors (Lipinski definition) is 3. The van der Waals surface area contributed by atoms with E-state index in [2.05, 4.69) is 27.9 Å². The minimum Gasteiger partial charge on any atom is -0.322 e. The smallest absolute Gasteiger partial charge is 0.290 e. The van der Waals surface area contributed by atoms with Gasteiger partial charge in [0, 0.05) is 20.9 Å². The van der Waals surface area contributed by atoms with Crippen molar-refractivity contribution in [3.8, 4) is 0 Å². The fourth-order valence-corrected chi connectivity index (χ4v) is 2.54. The summed E-state index contributed by atoms with van der Waals surface area (Å²) in [5, 5.41) is 13.3. The third-order valence-electron chi connectivity index (χ3n) is 2.55. The third-order valence-corrected chi connectivity index (χ3v) is 4.01. The lowest BCUT2D eigenvalue weighted by Crippen LogP contribution is -2.12. The van der Waals surface area contributed by atoms with E-state index < -0.39 is 16.5 Å². The number of benzene rings is 2. The molecule has 0 aliphatic heterocycles. The van der Waals surface area contributed by atoms with Crippen molar-refractivity contribution in [2.75, 3.05) is 5.32 Å². The van der Waals surface area contributed by atoms with Gasteiger partial charge in [-0.3, -0.25) is 14.9 Å². The topological polar surface area (TPSA) is 72.2 Å². The van der Waals surface area contributed by atoms with Crippen LogP contribution in [0.4, 0.5) is 11.4 Å². The number of nitro groups is 1. The standard InChI is InChI=1S/C13H7Cl2IN2O3/c14-10-4-7(5-11(12(10)15)18(20)21)13(19)17-9-3-1-2-8(16)6-9/h1-6H,(H,17,19). The number of hydrogen-bond donors (Lipinski definition) is 1. The molecule has 0 saturated heterocycles. The second kappa shape index (κ2) is 6.59. The zero-order valence-electron chi connectivity index (χ0n) is 10.3. The van der Waals surface area contributed by atoms with Gasteiger partial charge >= 0.3 is 0 Å². The lowest BCUT2D eigenvalue weighted by Gasteiger charge is -2.07. The van der Waals surface area contributed by atoms with Crippen LogP contribution < -0.4 is 5.32 Å². The van der Waals surface area contributed by atoms with Gasteiger partial charge < -0.3 is 5.32 Å². The van der Waals surface area contributed by atoms with Crippen molar-refractivity contribution in [1.82, 2.24) is 0 Å². The summed E-state index contributed by atoms with van der Waals surface area (Å²) in [7, 11) is 0. The summed E-state index contributed by atoms with van der Waals surface area (Å²) in [6.07, 6.45) is 0. The molecule has 0 fully saturated rings. The Labute approximate surface area is 143 Å². The van der Waals surface area contributed by atoms with Gasteiger partial charge in [-0.25, -0.2) is 0 Å². The minimum absolute atomic E-state index is 0.0429. The van der Waals surface area contributed by atoms with Crippen LogP contribution in [0, 0.1) is 13.7 Å². The number of rotatable bonds is 3. The SMILES string of the molecule is O=C(Nc1cccc(I)c1)c1cc(Cl)c(Cl)c([N+](=O)[O-])c1. The summed E-state index contributed by atoms with van der Waals surface area (Å²) in [5.74, 6) is -0.501. The molecule has 2 aromatic carbocycles. The fraction of sp³-hybridized carbons (Fsp3) is 0. The number of nitro benzene ring substituents is 1. The Morgan fingerprint density at radius 2 is 1.95 bits per heavy atom.